The molecule has 0 unspecified atom stereocenters. The lowest BCUT2D eigenvalue weighted by Gasteiger charge is -2.38. The Kier molecular flexibility index (Phi) is 5.13. The number of imide groups is 1. The van der Waals surface area contributed by atoms with Crippen molar-refractivity contribution in [2.24, 2.45) is 0 Å². The molecule has 0 saturated carbocycles. The summed E-state index contributed by atoms with van der Waals surface area (Å²) in [5.74, 6) is -0.914. The number of nitrogens with zero attached hydrogens (tertiary/aromatic N) is 3. The highest BCUT2D eigenvalue weighted by atomic mass is 16.2. The van der Waals surface area contributed by atoms with Crippen LogP contribution in [0.3, 0.4) is 0 Å². The normalized spacial score (nSPS) is 16.5. The molecule has 4 amide bonds. The van der Waals surface area contributed by atoms with Crippen molar-refractivity contribution in [2.45, 2.75) is 19.3 Å². The zero-order valence-electron chi connectivity index (χ0n) is 17.9. The molecule has 0 atom stereocenters. The Hall–Kier alpha value is -3.48. The van der Waals surface area contributed by atoms with E-state index in [1.54, 1.807) is 15.9 Å². The van der Waals surface area contributed by atoms with Gasteiger partial charge in [0.1, 0.15) is 0 Å². The van der Waals surface area contributed by atoms with Crippen molar-refractivity contribution in [3.63, 3.8) is 0 Å². The zero-order chi connectivity index (χ0) is 22.3. The van der Waals surface area contributed by atoms with Gasteiger partial charge in [-0.05, 0) is 37.6 Å². The van der Waals surface area contributed by atoms with Crippen molar-refractivity contribution in [3.8, 4) is 0 Å². The van der Waals surface area contributed by atoms with E-state index in [0.29, 0.717) is 37.3 Å². The predicted octanol–water partition coefficient (Wildman–Crippen LogP) is 2.17. The summed E-state index contributed by atoms with van der Waals surface area (Å²) in [7, 11) is 1.43. The molecule has 0 aliphatic carbocycles. The smallest absolute Gasteiger partial charge is 0.261 e. The summed E-state index contributed by atoms with van der Waals surface area (Å²) in [6.07, 6.45) is 0. The molecule has 4 rings (SSSR count). The molecule has 2 heterocycles. The molecule has 160 valence electrons. The third-order valence-corrected chi connectivity index (χ3v) is 6.22. The predicted molar refractivity (Wildman–Crippen MR) is 115 cm³/mol. The number of hydrogen-bond acceptors (Lipinski definition) is 4. The van der Waals surface area contributed by atoms with E-state index < -0.39 is 11.3 Å². The fourth-order valence-electron chi connectivity index (χ4n) is 4.16. The molecule has 0 bridgehead atoms. The molecule has 0 N–H and O–H groups in total. The van der Waals surface area contributed by atoms with Crippen molar-refractivity contribution >= 4 is 23.6 Å². The van der Waals surface area contributed by atoms with Crippen molar-refractivity contribution in [2.75, 3.05) is 33.2 Å². The van der Waals surface area contributed by atoms with Crippen LogP contribution in [-0.4, -0.2) is 71.6 Å². The molecule has 2 aliphatic heterocycles. The van der Waals surface area contributed by atoms with Gasteiger partial charge in [-0.15, -0.1) is 0 Å². The van der Waals surface area contributed by atoms with Crippen molar-refractivity contribution < 1.29 is 19.2 Å². The van der Waals surface area contributed by atoms with Crippen LogP contribution in [0.25, 0.3) is 0 Å². The second-order valence-corrected chi connectivity index (χ2v) is 8.51. The summed E-state index contributed by atoms with van der Waals surface area (Å²) >= 11 is 0. The van der Waals surface area contributed by atoms with Crippen LogP contribution >= 0.6 is 0 Å². The second kappa shape index (κ2) is 7.65. The van der Waals surface area contributed by atoms with Crippen LogP contribution in [0.1, 0.15) is 50.5 Å². The van der Waals surface area contributed by atoms with Crippen molar-refractivity contribution in [1.29, 1.82) is 0 Å². The SMILES string of the molecule is CN1C(=O)c2ccc(C(=O)N3CCN(C(=O)C(C)(C)c4ccccc4)CC3)cc2C1=O. The second-order valence-electron chi connectivity index (χ2n) is 8.51. The van der Waals surface area contributed by atoms with Gasteiger partial charge in [0.25, 0.3) is 17.7 Å². The van der Waals surface area contributed by atoms with E-state index in [9.17, 15) is 19.2 Å². The van der Waals surface area contributed by atoms with Crippen molar-refractivity contribution in [1.82, 2.24) is 14.7 Å². The van der Waals surface area contributed by atoms with Gasteiger partial charge < -0.3 is 9.80 Å². The highest BCUT2D eigenvalue weighted by Crippen LogP contribution is 2.27. The molecule has 2 aromatic carbocycles. The van der Waals surface area contributed by atoms with Crippen LogP contribution in [0.5, 0.6) is 0 Å². The summed E-state index contributed by atoms with van der Waals surface area (Å²) in [6.45, 7) is 5.57. The lowest BCUT2D eigenvalue weighted by molar-refractivity contribution is -0.137. The fourth-order valence-corrected chi connectivity index (χ4v) is 4.16. The quantitative estimate of drug-likeness (QED) is 0.715. The number of amides is 4. The molecule has 0 radical (unpaired) electrons. The summed E-state index contributed by atoms with van der Waals surface area (Å²) in [4.78, 5) is 54.9. The number of benzene rings is 2. The molecule has 31 heavy (non-hydrogen) atoms. The molecule has 0 spiro atoms. The average molecular weight is 419 g/mol. The first-order chi connectivity index (χ1) is 14.7. The molecule has 7 heteroatoms. The first-order valence-electron chi connectivity index (χ1n) is 10.3. The van der Waals surface area contributed by atoms with Crippen LogP contribution in [0.4, 0.5) is 0 Å². The summed E-state index contributed by atoms with van der Waals surface area (Å²) in [6, 6.07) is 14.3. The fraction of sp³-hybridized carbons (Fsp3) is 0.333. The van der Waals surface area contributed by atoms with Crippen LogP contribution < -0.4 is 0 Å². The maximum Gasteiger partial charge on any atom is 0.261 e. The van der Waals surface area contributed by atoms with Gasteiger partial charge in [0, 0.05) is 38.8 Å². The molecule has 1 saturated heterocycles. The molecular weight excluding hydrogens is 394 g/mol. The Morgan fingerprint density at radius 3 is 2.03 bits per heavy atom. The monoisotopic (exact) mass is 419 g/mol. The van der Waals surface area contributed by atoms with E-state index >= 15 is 0 Å². The third kappa shape index (κ3) is 3.50. The molecule has 1 fully saturated rings. The zero-order valence-corrected chi connectivity index (χ0v) is 17.9. The number of piperazine rings is 1. The highest BCUT2D eigenvalue weighted by molar-refractivity contribution is 6.21. The summed E-state index contributed by atoms with van der Waals surface area (Å²) in [5.41, 5.74) is 1.27. The van der Waals surface area contributed by atoms with E-state index in [2.05, 4.69) is 0 Å². The largest absolute Gasteiger partial charge is 0.338 e. The van der Waals surface area contributed by atoms with Gasteiger partial charge in [-0.3, -0.25) is 24.1 Å². The summed E-state index contributed by atoms with van der Waals surface area (Å²) < 4.78 is 0. The van der Waals surface area contributed by atoms with Crippen LogP contribution in [0.2, 0.25) is 0 Å². The number of fused-ring (bicyclic) bond motifs is 1. The lowest BCUT2D eigenvalue weighted by Crippen LogP contribution is -2.54. The van der Waals surface area contributed by atoms with E-state index in [1.807, 2.05) is 44.2 Å². The van der Waals surface area contributed by atoms with Crippen molar-refractivity contribution in [3.05, 3.63) is 70.8 Å². The number of carbonyl (C=O) groups excluding carboxylic acids is 4. The summed E-state index contributed by atoms with van der Waals surface area (Å²) in [5, 5.41) is 0. The molecule has 0 aromatic heterocycles. The minimum absolute atomic E-state index is 0.0375. The topological polar surface area (TPSA) is 78.0 Å². The Morgan fingerprint density at radius 1 is 0.806 bits per heavy atom. The average Bonchev–Trinajstić information content (AvgIpc) is 3.02. The van der Waals surface area contributed by atoms with Gasteiger partial charge in [-0.2, -0.15) is 0 Å². The molecular formula is C24H25N3O4. The Labute approximate surface area is 181 Å². The van der Waals surface area contributed by atoms with Gasteiger partial charge in [0.2, 0.25) is 5.91 Å². The Bertz CT molecular complexity index is 1070. The Morgan fingerprint density at radius 2 is 1.39 bits per heavy atom. The first-order valence-corrected chi connectivity index (χ1v) is 10.3. The van der Waals surface area contributed by atoms with Gasteiger partial charge in [-0.25, -0.2) is 0 Å². The lowest BCUT2D eigenvalue weighted by atomic mass is 9.83. The van der Waals surface area contributed by atoms with E-state index in [4.69, 9.17) is 0 Å². The van der Waals surface area contributed by atoms with Gasteiger partial charge in [0.15, 0.2) is 0 Å². The highest BCUT2D eigenvalue weighted by Gasteiger charge is 2.37. The standard InChI is InChI=1S/C24H25N3O4/c1-24(2,17-7-5-4-6-8-17)23(31)27-13-11-26(12-14-27)20(28)16-9-10-18-19(15-16)22(30)25(3)21(18)29/h4-10,15H,11-14H2,1-3H3. The van der Waals surface area contributed by atoms with Crippen LogP contribution in [0.15, 0.2) is 48.5 Å². The first kappa shape index (κ1) is 20.8. The molecule has 2 aliphatic rings. The third-order valence-electron chi connectivity index (χ3n) is 6.22. The number of hydrogen-bond donors (Lipinski definition) is 0. The molecule has 2 aromatic rings. The Balaban J connectivity index is 1.44. The maximum atomic E-state index is 13.1. The van der Waals surface area contributed by atoms with E-state index in [-0.39, 0.29) is 23.3 Å². The van der Waals surface area contributed by atoms with E-state index in [1.165, 1.54) is 19.2 Å². The van der Waals surface area contributed by atoms with E-state index in [0.717, 1.165) is 10.5 Å². The number of rotatable bonds is 3. The van der Waals surface area contributed by atoms with Gasteiger partial charge in [-0.1, -0.05) is 30.3 Å². The maximum absolute atomic E-state index is 13.1. The van der Waals surface area contributed by atoms with Crippen LogP contribution in [-0.2, 0) is 10.2 Å². The number of carbonyl (C=O) groups is 4. The minimum Gasteiger partial charge on any atom is -0.338 e. The van der Waals surface area contributed by atoms with Gasteiger partial charge >= 0.3 is 0 Å². The van der Waals surface area contributed by atoms with Gasteiger partial charge in [0.05, 0.1) is 16.5 Å². The molecule has 7 nitrogen and oxygen atoms in total. The van der Waals surface area contributed by atoms with Crippen LogP contribution in [0, 0.1) is 0 Å². The minimum atomic E-state index is -0.646.